The lowest BCUT2D eigenvalue weighted by Crippen LogP contribution is -2.29. The fourth-order valence-corrected chi connectivity index (χ4v) is 2.80. The molecule has 1 saturated heterocycles. The average Bonchev–Trinajstić information content (AvgIpc) is 2.87. The van der Waals surface area contributed by atoms with E-state index in [9.17, 15) is 4.79 Å². The van der Waals surface area contributed by atoms with Crippen molar-refractivity contribution in [1.29, 1.82) is 0 Å². The number of carbonyl (C=O) groups is 1. The number of amides is 1. The molecule has 1 unspecified atom stereocenters. The molecule has 0 radical (unpaired) electrons. The Morgan fingerprint density at radius 3 is 2.89 bits per heavy atom. The van der Waals surface area contributed by atoms with Crippen LogP contribution in [0.5, 0.6) is 0 Å². The van der Waals surface area contributed by atoms with Crippen molar-refractivity contribution in [3.63, 3.8) is 0 Å². The monoisotopic (exact) mass is 261 g/mol. The van der Waals surface area contributed by atoms with Gasteiger partial charge in [0.15, 0.2) is 0 Å². The van der Waals surface area contributed by atoms with Gasteiger partial charge in [-0.05, 0) is 44.4 Å². The standard InChI is InChI=1S/C15H23N3O/c1-3-12-6-5-9-18(12)14-8-7-11(10-13(14)16)15(19)17-4-2/h7-8,10,12H,3-6,9,16H2,1-2H3,(H,17,19). The van der Waals surface area contributed by atoms with Gasteiger partial charge in [0.1, 0.15) is 0 Å². The van der Waals surface area contributed by atoms with E-state index < -0.39 is 0 Å². The van der Waals surface area contributed by atoms with Crippen LogP contribution in [0.3, 0.4) is 0 Å². The summed E-state index contributed by atoms with van der Waals surface area (Å²) in [7, 11) is 0. The highest BCUT2D eigenvalue weighted by atomic mass is 16.1. The summed E-state index contributed by atoms with van der Waals surface area (Å²) in [6.45, 7) is 5.81. The average molecular weight is 261 g/mol. The molecule has 0 saturated carbocycles. The van der Waals surface area contributed by atoms with E-state index in [1.54, 1.807) is 6.07 Å². The second kappa shape index (κ2) is 5.95. The molecule has 3 N–H and O–H groups in total. The summed E-state index contributed by atoms with van der Waals surface area (Å²) in [5, 5.41) is 2.79. The van der Waals surface area contributed by atoms with Gasteiger partial charge in [-0.15, -0.1) is 0 Å². The predicted octanol–water partition coefficient (Wildman–Crippen LogP) is 2.40. The molecule has 2 rings (SSSR count). The van der Waals surface area contributed by atoms with Gasteiger partial charge in [0.2, 0.25) is 0 Å². The van der Waals surface area contributed by atoms with Crippen LogP contribution in [0.15, 0.2) is 18.2 Å². The Hall–Kier alpha value is -1.71. The van der Waals surface area contributed by atoms with Gasteiger partial charge in [0.05, 0.1) is 11.4 Å². The molecule has 104 valence electrons. The minimum Gasteiger partial charge on any atom is -0.397 e. The highest BCUT2D eigenvalue weighted by Gasteiger charge is 2.24. The van der Waals surface area contributed by atoms with Gasteiger partial charge >= 0.3 is 0 Å². The number of hydrogen-bond donors (Lipinski definition) is 2. The molecule has 19 heavy (non-hydrogen) atoms. The molecule has 0 aliphatic carbocycles. The first kappa shape index (κ1) is 13.7. The molecule has 1 heterocycles. The zero-order valence-electron chi connectivity index (χ0n) is 11.8. The van der Waals surface area contributed by atoms with Gasteiger partial charge < -0.3 is 16.0 Å². The van der Waals surface area contributed by atoms with E-state index in [1.807, 2.05) is 19.1 Å². The zero-order valence-corrected chi connectivity index (χ0v) is 11.8. The van der Waals surface area contributed by atoms with Crippen LogP contribution in [0, 0.1) is 0 Å². The first-order chi connectivity index (χ1) is 9.17. The first-order valence-electron chi connectivity index (χ1n) is 7.11. The quantitative estimate of drug-likeness (QED) is 0.818. The van der Waals surface area contributed by atoms with E-state index in [0.29, 0.717) is 23.8 Å². The summed E-state index contributed by atoms with van der Waals surface area (Å²) in [4.78, 5) is 14.1. The van der Waals surface area contributed by atoms with Gasteiger partial charge in [0, 0.05) is 24.7 Å². The predicted molar refractivity (Wildman–Crippen MR) is 79.5 cm³/mol. The van der Waals surface area contributed by atoms with Crippen molar-refractivity contribution in [3.05, 3.63) is 23.8 Å². The van der Waals surface area contributed by atoms with Crippen molar-refractivity contribution in [2.24, 2.45) is 0 Å². The summed E-state index contributed by atoms with van der Waals surface area (Å²) >= 11 is 0. The molecule has 1 amide bonds. The molecule has 1 atom stereocenters. The van der Waals surface area contributed by atoms with Crippen LogP contribution in [0.25, 0.3) is 0 Å². The van der Waals surface area contributed by atoms with Gasteiger partial charge in [-0.3, -0.25) is 4.79 Å². The van der Waals surface area contributed by atoms with Crippen molar-refractivity contribution in [2.45, 2.75) is 39.2 Å². The number of hydrogen-bond acceptors (Lipinski definition) is 3. The van der Waals surface area contributed by atoms with Gasteiger partial charge in [-0.2, -0.15) is 0 Å². The number of nitrogens with zero attached hydrogens (tertiary/aromatic N) is 1. The van der Waals surface area contributed by atoms with Crippen LogP contribution in [0.1, 0.15) is 43.5 Å². The maximum Gasteiger partial charge on any atom is 0.251 e. The maximum atomic E-state index is 11.8. The van der Waals surface area contributed by atoms with Crippen LogP contribution < -0.4 is 16.0 Å². The second-order valence-corrected chi connectivity index (χ2v) is 5.03. The number of benzene rings is 1. The van der Waals surface area contributed by atoms with E-state index in [-0.39, 0.29) is 5.91 Å². The van der Waals surface area contributed by atoms with Crippen molar-refractivity contribution < 1.29 is 4.79 Å². The van der Waals surface area contributed by atoms with Crippen molar-refractivity contribution in [2.75, 3.05) is 23.7 Å². The number of anilines is 2. The van der Waals surface area contributed by atoms with E-state index in [0.717, 1.165) is 18.7 Å². The Balaban J connectivity index is 2.22. The third kappa shape index (κ3) is 2.83. The van der Waals surface area contributed by atoms with Crippen LogP contribution >= 0.6 is 0 Å². The molecule has 1 aromatic carbocycles. The fraction of sp³-hybridized carbons (Fsp3) is 0.533. The minimum absolute atomic E-state index is 0.0609. The lowest BCUT2D eigenvalue weighted by atomic mass is 10.1. The van der Waals surface area contributed by atoms with Gasteiger partial charge in [0.25, 0.3) is 5.91 Å². The molecule has 0 spiro atoms. The number of rotatable bonds is 4. The molecule has 4 heteroatoms. The van der Waals surface area contributed by atoms with Crippen LogP contribution in [-0.4, -0.2) is 25.0 Å². The molecule has 1 aliphatic heterocycles. The highest BCUT2D eigenvalue weighted by Crippen LogP contribution is 2.32. The smallest absolute Gasteiger partial charge is 0.251 e. The molecule has 0 aromatic heterocycles. The Morgan fingerprint density at radius 2 is 2.26 bits per heavy atom. The lowest BCUT2D eigenvalue weighted by molar-refractivity contribution is 0.0956. The topological polar surface area (TPSA) is 58.4 Å². The van der Waals surface area contributed by atoms with E-state index in [1.165, 1.54) is 12.8 Å². The van der Waals surface area contributed by atoms with Crippen molar-refractivity contribution in [3.8, 4) is 0 Å². The number of carbonyl (C=O) groups excluding carboxylic acids is 1. The highest BCUT2D eigenvalue weighted by molar-refractivity contribution is 5.96. The lowest BCUT2D eigenvalue weighted by Gasteiger charge is -2.27. The molecular formula is C15H23N3O. The molecule has 1 aliphatic rings. The summed E-state index contributed by atoms with van der Waals surface area (Å²) in [5.41, 5.74) is 8.53. The number of nitrogen functional groups attached to an aromatic ring is 1. The molecule has 4 nitrogen and oxygen atoms in total. The largest absolute Gasteiger partial charge is 0.397 e. The Bertz CT molecular complexity index is 459. The van der Waals surface area contributed by atoms with E-state index in [2.05, 4.69) is 17.1 Å². The summed E-state index contributed by atoms with van der Waals surface area (Å²) < 4.78 is 0. The normalized spacial score (nSPS) is 18.6. The number of nitrogens with one attached hydrogen (secondary N) is 1. The number of nitrogens with two attached hydrogens (primary N) is 1. The Kier molecular flexibility index (Phi) is 4.30. The van der Waals surface area contributed by atoms with Crippen molar-refractivity contribution in [1.82, 2.24) is 5.32 Å². The van der Waals surface area contributed by atoms with Gasteiger partial charge in [-0.25, -0.2) is 0 Å². The van der Waals surface area contributed by atoms with E-state index >= 15 is 0 Å². The summed E-state index contributed by atoms with van der Waals surface area (Å²) in [6, 6.07) is 6.21. The third-order valence-electron chi connectivity index (χ3n) is 3.78. The van der Waals surface area contributed by atoms with Gasteiger partial charge in [-0.1, -0.05) is 6.92 Å². The van der Waals surface area contributed by atoms with Crippen LogP contribution in [0.2, 0.25) is 0 Å². The first-order valence-corrected chi connectivity index (χ1v) is 7.11. The summed E-state index contributed by atoms with van der Waals surface area (Å²) in [6.07, 6.45) is 3.58. The minimum atomic E-state index is -0.0609. The zero-order chi connectivity index (χ0) is 13.8. The fourth-order valence-electron chi connectivity index (χ4n) is 2.80. The molecule has 1 fully saturated rings. The van der Waals surface area contributed by atoms with Crippen LogP contribution in [0.4, 0.5) is 11.4 Å². The Labute approximate surface area is 115 Å². The second-order valence-electron chi connectivity index (χ2n) is 5.03. The molecule has 0 bridgehead atoms. The molecular weight excluding hydrogens is 238 g/mol. The van der Waals surface area contributed by atoms with Crippen molar-refractivity contribution >= 4 is 17.3 Å². The van der Waals surface area contributed by atoms with E-state index in [4.69, 9.17) is 5.73 Å². The Morgan fingerprint density at radius 1 is 1.47 bits per heavy atom. The maximum absolute atomic E-state index is 11.8. The molecule has 1 aromatic rings. The SMILES string of the molecule is CCNC(=O)c1ccc(N2CCCC2CC)c(N)c1. The summed E-state index contributed by atoms with van der Waals surface area (Å²) in [5.74, 6) is -0.0609. The third-order valence-corrected chi connectivity index (χ3v) is 3.78. The van der Waals surface area contributed by atoms with Crippen LogP contribution in [-0.2, 0) is 0 Å².